The molecule has 7 heteroatoms. The number of nitrogens with two attached hydrogens (primary N) is 1. The van der Waals surface area contributed by atoms with Crippen LogP contribution in [-0.2, 0) is 6.54 Å². The molecule has 1 fully saturated rings. The van der Waals surface area contributed by atoms with Crippen molar-refractivity contribution in [3.63, 3.8) is 0 Å². The summed E-state index contributed by atoms with van der Waals surface area (Å²) in [6, 6.07) is 16.3. The van der Waals surface area contributed by atoms with Crippen LogP contribution in [0.5, 0.6) is 0 Å². The van der Waals surface area contributed by atoms with Crippen LogP contribution in [-0.4, -0.2) is 14.9 Å². The number of nitroso groups, excluding NO2 is 1. The van der Waals surface area contributed by atoms with Crippen molar-refractivity contribution in [3.8, 4) is 0 Å². The van der Waals surface area contributed by atoms with Gasteiger partial charge in [-0.1, -0.05) is 24.3 Å². The second-order valence-corrected chi connectivity index (χ2v) is 8.14. The number of piperidine rings is 1. The zero-order chi connectivity index (χ0) is 21.8. The second kappa shape index (κ2) is 9.32. The summed E-state index contributed by atoms with van der Waals surface area (Å²) in [5, 5.41) is 3.60. The van der Waals surface area contributed by atoms with Crippen LogP contribution < -0.4 is 11.0 Å². The van der Waals surface area contributed by atoms with E-state index in [0.29, 0.717) is 5.69 Å². The van der Waals surface area contributed by atoms with E-state index >= 15 is 0 Å². The van der Waals surface area contributed by atoms with Gasteiger partial charge in [0.15, 0.2) is 0 Å². The Morgan fingerprint density at radius 2 is 1.52 bits per heavy atom. The first-order chi connectivity index (χ1) is 15.1. The number of likely N-dealkylation sites (tertiary alicyclic amines) is 1. The van der Waals surface area contributed by atoms with Gasteiger partial charge in [0.1, 0.15) is 0 Å². The van der Waals surface area contributed by atoms with E-state index < -0.39 is 0 Å². The van der Waals surface area contributed by atoms with Crippen LogP contribution >= 0.6 is 0 Å². The maximum absolute atomic E-state index is 10.7. The van der Waals surface area contributed by atoms with Crippen molar-refractivity contribution in [3.05, 3.63) is 93.9 Å². The Hall–Kier alpha value is -3.16. The predicted molar refractivity (Wildman–Crippen MR) is 122 cm³/mol. The van der Waals surface area contributed by atoms with E-state index in [0.717, 1.165) is 47.9 Å². The molecule has 1 aromatic carbocycles. The highest BCUT2D eigenvalue weighted by molar-refractivity contribution is 5.45. The maximum atomic E-state index is 10.7. The average Bonchev–Trinajstić information content (AvgIpc) is 2.80. The Balaban J connectivity index is 1.71. The lowest BCUT2D eigenvalue weighted by Gasteiger charge is -2.42. The Bertz CT molecular complexity index is 985. The zero-order valence-electron chi connectivity index (χ0n) is 18.0. The van der Waals surface area contributed by atoms with Crippen molar-refractivity contribution in [2.75, 3.05) is 5.12 Å². The molecular formula is C24H28N6O. The summed E-state index contributed by atoms with van der Waals surface area (Å²) in [5.41, 5.74) is 6.39. The smallest absolute Gasteiger partial charge is 0.0809 e. The molecule has 2 unspecified atom stereocenters. The molecule has 3 aromatic rings. The number of rotatable bonds is 6. The molecule has 0 saturated carbocycles. The van der Waals surface area contributed by atoms with Crippen LogP contribution in [0.2, 0.25) is 0 Å². The summed E-state index contributed by atoms with van der Waals surface area (Å²) in [7, 11) is 0. The first-order valence-corrected chi connectivity index (χ1v) is 10.6. The molecule has 1 aliphatic rings. The van der Waals surface area contributed by atoms with Gasteiger partial charge in [0.25, 0.3) is 0 Å². The van der Waals surface area contributed by atoms with Crippen molar-refractivity contribution >= 4 is 5.69 Å². The molecular weight excluding hydrogens is 388 g/mol. The molecule has 1 aliphatic heterocycles. The first kappa shape index (κ1) is 21.1. The molecule has 1 saturated heterocycles. The molecule has 0 bridgehead atoms. The van der Waals surface area contributed by atoms with Gasteiger partial charge in [-0.15, -0.1) is 4.91 Å². The standard InChI is InChI=1S/C24H28N6O/c1-17-6-4-14-26-23(17)21-8-3-9-22(24-18(2)7-5-15-27-24)29(21)16-19-10-12-20(13-11-19)30(25)28-31/h4-7,10-15,21-22H,3,8-9,16,25H2,1-2H3. The molecule has 31 heavy (non-hydrogen) atoms. The number of aryl methyl sites for hydroxylation is 2. The fraction of sp³-hybridized carbons (Fsp3) is 0.333. The summed E-state index contributed by atoms with van der Waals surface area (Å²) in [6.07, 6.45) is 7.01. The molecule has 7 nitrogen and oxygen atoms in total. The van der Waals surface area contributed by atoms with Crippen LogP contribution in [0.15, 0.2) is 66.2 Å². The number of hydrogen-bond acceptors (Lipinski definition) is 6. The van der Waals surface area contributed by atoms with Gasteiger partial charge in [-0.2, -0.15) is 5.12 Å². The van der Waals surface area contributed by atoms with Crippen LogP contribution in [0.25, 0.3) is 0 Å². The van der Waals surface area contributed by atoms with E-state index in [9.17, 15) is 4.91 Å². The third-order valence-corrected chi connectivity index (χ3v) is 6.14. The van der Waals surface area contributed by atoms with E-state index in [1.165, 1.54) is 11.1 Å². The molecule has 0 spiro atoms. The van der Waals surface area contributed by atoms with Gasteiger partial charge in [0.05, 0.1) is 34.4 Å². The van der Waals surface area contributed by atoms with E-state index in [1.807, 2.05) is 48.8 Å². The number of benzene rings is 1. The van der Waals surface area contributed by atoms with Crippen LogP contribution in [0.1, 0.15) is 59.4 Å². The molecule has 2 N–H and O–H groups in total. The topological polar surface area (TPSA) is 87.7 Å². The number of pyridine rings is 2. The highest BCUT2D eigenvalue weighted by Gasteiger charge is 2.35. The maximum Gasteiger partial charge on any atom is 0.0809 e. The minimum Gasteiger partial charge on any atom is -0.282 e. The lowest BCUT2D eigenvalue weighted by molar-refractivity contribution is 0.0679. The summed E-state index contributed by atoms with van der Waals surface area (Å²) in [4.78, 5) is 22.7. The number of anilines is 1. The lowest BCUT2D eigenvalue weighted by Crippen LogP contribution is -2.37. The Kier molecular flexibility index (Phi) is 6.34. The second-order valence-electron chi connectivity index (χ2n) is 8.14. The summed E-state index contributed by atoms with van der Waals surface area (Å²) >= 11 is 0. The fourth-order valence-corrected chi connectivity index (χ4v) is 4.57. The van der Waals surface area contributed by atoms with E-state index in [2.05, 4.69) is 36.2 Å². The first-order valence-electron chi connectivity index (χ1n) is 10.6. The van der Waals surface area contributed by atoms with Gasteiger partial charge >= 0.3 is 0 Å². The zero-order valence-corrected chi connectivity index (χ0v) is 18.0. The largest absolute Gasteiger partial charge is 0.282 e. The fourth-order valence-electron chi connectivity index (χ4n) is 4.57. The molecule has 0 radical (unpaired) electrons. The van der Waals surface area contributed by atoms with Gasteiger partial charge in [-0.05, 0) is 74.1 Å². The van der Waals surface area contributed by atoms with Crippen LogP contribution in [0.4, 0.5) is 5.69 Å². The average molecular weight is 417 g/mol. The minimum absolute atomic E-state index is 0.212. The Labute approximate surface area is 182 Å². The molecule has 4 rings (SSSR count). The number of aromatic nitrogens is 2. The van der Waals surface area contributed by atoms with E-state index in [4.69, 9.17) is 15.8 Å². The highest BCUT2D eigenvalue weighted by Crippen LogP contribution is 2.43. The SMILES string of the molecule is Cc1cccnc1C1CCCC(c2ncccc2C)N1Cc1ccc(N(N)N=O)cc1. The summed E-state index contributed by atoms with van der Waals surface area (Å²) in [6.45, 7) is 5.02. The molecule has 2 atom stereocenters. The molecule has 3 heterocycles. The molecule has 0 amide bonds. The predicted octanol–water partition coefficient (Wildman–Crippen LogP) is 4.92. The van der Waals surface area contributed by atoms with Crippen molar-refractivity contribution < 1.29 is 0 Å². The van der Waals surface area contributed by atoms with Gasteiger partial charge in [0, 0.05) is 18.9 Å². The van der Waals surface area contributed by atoms with Gasteiger partial charge in [-0.25, -0.2) is 5.84 Å². The van der Waals surface area contributed by atoms with Crippen molar-refractivity contribution in [1.82, 2.24) is 14.9 Å². The lowest BCUT2D eigenvalue weighted by atomic mass is 9.88. The number of hydrazine groups is 1. The highest BCUT2D eigenvalue weighted by atomic mass is 16.3. The Morgan fingerprint density at radius 1 is 0.968 bits per heavy atom. The van der Waals surface area contributed by atoms with Gasteiger partial charge in [0.2, 0.25) is 0 Å². The normalized spacial score (nSPS) is 19.2. The van der Waals surface area contributed by atoms with E-state index in [-0.39, 0.29) is 12.1 Å². The van der Waals surface area contributed by atoms with Crippen molar-refractivity contribution in [2.24, 2.45) is 11.1 Å². The third kappa shape index (κ3) is 4.47. The number of hydrogen-bond donors (Lipinski definition) is 1. The third-order valence-electron chi connectivity index (χ3n) is 6.14. The van der Waals surface area contributed by atoms with Crippen molar-refractivity contribution in [2.45, 2.75) is 51.7 Å². The van der Waals surface area contributed by atoms with Crippen LogP contribution in [0, 0.1) is 18.8 Å². The summed E-state index contributed by atoms with van der Waals surface area (Å²) in [5.74, 6) is 5.59. The monoisotopic (exact) mass is 416 g/mol. The summed E-state index contributed by atoms with van der Waals surface area (Å²) < 4.78 is 0. The van der Waals surface area contributed by atoms with Gasteiger partial charge in [-0.3, -0.25) is 14.9 Å². The molecule has 0 aliphatic carbocycles. The molecule has 2 aromatic heterocycles. The Morgan fingerprint density at radius 3 is 2.00 bits per heavy atom. The minimum atomic E-state index is 0.212. The van der Waals surface area contributed by atoms with Gasteiger partial charge < -0.3 is 0 Å². The molecule has 160 valence electrons. The van der Waals surface area contributed by atoms with Crippen molar-refractivity contribution in [1.29, 1.82) is 0 Å². The van der Waals surface area contributed by atoms with E-state index in [1.54, 1.807) is 0 Å². The van der Waals surface area contributed by atoms with Crippen LogP contribution in [0.3, 0.4) is 0 Å². The quantitative estimate of drug-likeness (QED) is 0.348. The number of nitrogens with zero attached hydrogens (tertiary/aromatic N) is 5.